The summed E-state index contributed by atoms with van der Waals surface area (Å²) < 4.78 is 6.68. The van der Waals surface area contributed by atoms with E-state index >= 15 is 0 Å². The molecule has 2 N–H and O–H groups in total. The Kier molecular flexibility index (Phi) is 6.28. The molecule has 3 aromatic rings. The topological polar surface area (TPSA) is 50.4 Å². The van der Waals surface area contributed by atoms with Gasteiger partial charge in [0.2, 0.25) is 5.91 Å². The van der Waals surface area contributed by atoms with Crippen LogP contribution in [0.25, 0.3) is 0 Å². The van der Waals surface area contributed by atoms with Crippen LogP contribution in [0.1, 0.15) is 5.56 Å². The van der Waals surface area contributed by atoms with Crippen LogP contribution in [0.2, 0.25) is 0 Å². The molecule has 132 valence electrons. The molecule has 26 heavy (non-hydrogen) atoms. The Labute approximate surface area is 161 Å². The van der Waals surface area contributed by atoms with Crippen LogP contribution >= 0.6 is 15.9 Å². The number of hydrogen-bond donors (Lipinski definition) is 2. The highest BCUT2D eigenvalue weighted by Crippen LogP contribution is 2.18. The van der Waals surface area contributed by atoms with Gasteiger partial charge in [-0.2, -0.15) is 0 Å². The Bertz CT molecular complexity index is 851. The molecule has 4 nitrogen and oxygen atoms in total. The second-order valence-electron chi connectivity index (χ2n) is 5.71. The second kappa shape index (κ2) is 9.06. The van der Waals surface area contributed by atoms with Gasteiger partial charge >= 0.3 is 0 Å². The quantitative estimate of drug-likeness (QED) is 0.570. The molecule has 0 spiro atoms. The van der Waals surface area contributed by atoms with Crippen molar-refractivity contribution in [3.8, 4) is 5.75 Å². The average molecular weight is 411 g/mol. The molecule has 0 aliphatic heterocycles. The fourth-order valence-corrected chi connectivity index (χ4v) is 2.76. The van der Waals surface area contributed by atoms with Gasteiger partial charge in [0.1, 0.15) is 12.4 Å². The van der Waals surface area contributed by atoms with Gasteiger partial charge in [0.05, 0.1) is 6.54 Å². The van der Waals surface area contributed by atoms with Crippen LogP contribution in [0.4, 0.5) is 11.4 Å². The predicted octanol–water partition coefficient (Wildman–Crippen LogP) is 5.08. The van der Waals surface area contributed by atoms with Gasteiger partial charge in [-0.1, -0.05) is 52.3 Å². The lowest BCUT2D eigenvalue weighted by Gasteiger charge is -2.10. The number of carbonyl (C=O) groups is 1. The van der Waals surface area contributed by atoms with Crippen LogP contribution in [-0.4, -0.2) is 12.5 Å². The molecule has 0 aliphatic rings. The summed E-state index contributed by atoms with van der Waals surface area (Å²) in [6.45, 7) is 0.722. The van der Waals surface area contributed by atoms with Gasteiger partial charge in [-0.3, -0.25) is 4.79 Å². The number of nitrogens with one attached hydrogen (secondary N) is 2. The number of amides is 1. The average Bonchev–Trinajstić information content (AvgIpc) is 2.66. The predicted molar refractivity (Wildman–Crippen MR) is 108 cm³/mol. The van der Waals surface area contributed by atoms with Crippen molar-refractivity contribution in [3.05, 3.63) is 88.9 Å². The van der Waals surface area contributed by atoms with Crippen molar-refractivity contribution in [1.82, 2.24) is 0 Å². The highest BCUT2D eigenvalue weighted by atomic mass is 79.9. The zero-order chi connectivity index (χ0) is 18.2. The molecule has 0 atom stereocenters. The Hall–Kier alpha value is -2.79. The van der Waals surface area contributed by atoms with Crippen LogP contribution < -0.4 is 15.4 Å². The maximum Gasteiger partial charge on any atom is 0.243 e. The zero-order valence-electron chi connectivity index (χ0n) is 14.1. The molecule has 0 heterocycles. The van der Waals surface area contributed by atoms with E-state index in [1.165, 1.54) is 0 Å². The molecule has 0 bridgehead atoms. The summed E-state index contributed by atoms with van der Waals surface area (Å²) in [5.41, 5.74) is 2.75. The number of carbonyl (C=O) groups excluding carboxylic acids is 1. The van der Waals surface area contributed by atoms with Gasteiger partial charge in [-0.15, -0.1) is 0 Å². The van der Waals surface area contributed by atoms with E-state index in [4.69, 9.17) is 4.74 Å². The van der Waals surface area contributed by atoms with Crippen LogP contribution in [0, 0.1) is 0 Å². The van der Waals surface area contributed by atoms with E-state index in [1.54, 1.807) is 0 Å². The Morgan fingerprint density at radius 3 is 2.38 bits per heavy atom. The summed E-state index contributed by atoms with van der Waals surface area (Å²) >= 11 is 3.38. The monoisotopic (exact) mass is 410 g/mol. The number of benzene rings is 3. The van der Waals surface area contributed by atoms with E-state index in [-0.39, 0.29) is 12.5 Å². The van der Waals surface area contributed by atoms with Crippen LogP contribution in [-0.2, 0) is 11.4 Å². The molecular weight excluding hydrogens is 392 g/mol. The maximum atomic E-state index is 12.0. The fraction of sp³-hybridized carbons (Fsp3) is 0.0952. The van der Waals surface area contributed by atoms with Crippen molar-refractivity contribution in [2.45, 2.75) is 6.61 Å². The maximum absolute atomic E-state index is 12.0. The first-order valence-corrected chi connectivity index (χ1v) is 9.04. The van der Waals surface area contributed by atoms with Crippen molar-refractivity contribution >= 4 is 33.2 Å². The number of anilines is 2. The van der Waals surface area contributed by atoms with Gasteiger partial charge in [0.15, 0.2) is 0 Å². The minimum absolute atomic E-state index is 0.104. The first-order chi connectivity index (χ1) is 12.7. The SMILES string of the molecule is O=C(CNc1ccc(OCc2ccccc2)cc1)Nc1cccc(Br)c1. The molecule has 1 amide bonds. The smallest absolute Gasteiger partial charge is 0.243 e. The van der Waals surface area contributed by atoms with E-state index in [0.717, 1.165) is 27.2 Å². The van der Waals surface area contributed by atoms with Gasteiger partial charge < -0.3 is 15.4 Å². The van der Waals surface area contributed by atoms with Crippen LogP contribution in [0.5, 0.6) is 5.75 Å². The molecule has 0 saturated carbocycles. The molecule has 0 aliphatic carbocycles. The summed E-state index contributed by atoms with van der Waals surface area (Å²) in [5, 5.41) is 5.95. The van der Waals surface area contributed by atoms with Gasteiger partial charge in [-0.05, 0) is 48.0 Å². The van der Waals surface area contributed by atoms with Crippen LogP contribution in [0.3, 0.4) is 0 Å². The fourth-order valence-electron chi connectivity index (χ4n) is 2.36. The normalized spacial score (nSPS) is 10.2. The highest BCUT2D eigenvalue weighted by molar-refractivity contribution is 9.10. The van der Waals surface area contributed by atoms with E-state index in [2.05, 4.69) is 26.6 Å². The standard InChI is InChI=1S/C21H19BrN2O2/c22-17-7-4-8-19(13-17)24-21(25)14-23-18-9-11-20(12-10-18)26-15-16-5-2-1-3-6-16/h1-13,23H,14-15H2,(H,24,25). The van der Waals surface area contributed by atoms with Gasteiger partial charge in [0.25, 0.3) is 0 Å². The Morgan fingerprint density at radius 1 is 0.885 bits per heavy atom. The summed E-state index contributed by atoms with van der Waals surface area (Å²) in [6, 6.07) is 25.1. The molecular formula is C21H19BrN2O2. The van der Waals surface area contributed by atoms with Crippen molar-refractivity contribution < 1.29 is 9.53 Å². The largest absolute Gasteiger partial charge is 0.489 e. The van der Waals surface area contributed by atoms with Gasteiger partial charge in [-0.25, -0.2) is 0 Å². The molecule has 3 aromatic carbocycles. The molecule has 0 aromatic heterocycles. The molecule has 3 rings (SSSR count). The third-order valence-electron chi connectivity index (χ3n) is 3.66. The number of ether oxygens (including phenoxy) is 1. The van der Waals surface area contributed by atoms with E-state index in [1.807, 2.05) is 78.9 Å². The summed E-state index contributed by atoms with van der Waals surface area (Å²) in [4.78, 5) is 12.0. The molecule has 0 saturated heterocycles. The third-order valence-corrected chi connectivity index (χ3v) is 4.16. The lowest BCUT2D eigenvalue weighted by Crippen LogP contribution is -2.21. The minimum Gasteiger partial charge on any atom is -0.489 e. The summed E-state index contributed by atoms with van der Waals surface area (Å²) in [5.74, 6) is 0.686. The summed E-state index contributed by atoms with van der Waals surface area (Å²) in [7, 11) is 0. The molecule has 0 radical (unpaired) electrons. The van der Waals surface area contributed by atoms with Crippen molar-refractivity contribution in [2.75, 3.05) is 17.2 Å². The Morgan fingerprint density at radius 2 is 1.65 bits per heavy atom. The molecule has 5 heteroatoms. The number of hydrogen-bond acceptors (Lipinski definition) is 3. The number of rotatable bonds is 7. The Balaban J connectivity index is 1.46. The first-order valence-electron chi connectivity index (χ1n) is 8.25. The molecule has 0 unspecified atom stereocenters. The first kappa shape index (κ1) is 18.0. The van der Waals surface area contributed by atoms with Crippen molar-refractivity contribution in [3.63, 3.8) is 0 Å². The van der Waals surface area contributed by atoms with Crippen molar-refractivity contribution in [2.24, 2.45) is 0 Å². The van der Waals surface area contributed by atoms with E-state index in [9.17, 15) is 4.79 Å². The lowest BCUT2D eigenvalue weighted by atomic mass is 10.2. The highest BCUT2D eigenvalue weighted by Gasteiger charge is 2.03. The van der Waals surface area contributed by atoms with E-state index < -0.39 is 0 Å². The van der Waals surface area contributed by atoms with Crippen molar-refractivity contribution in [1.29, 1.82) is 0 Å². The molecule has 0 fully saturated rings. The zero-order valence-corrected chi connectivity index (χ0v) is 15.7. The second-order valence-corrected chi connectivity index (χ2v) is 6.63. The van der Waals surface area contributed by atoms with Gasteiger partial charge in [0, 0.05) is 15.8 Å². The lowest BCUT2D eigenvalue weighted by molar-refractivity contribution is -0.114. The van der Waals surface area contributed by atoms with Crippen LogP contribution in [0.15, 0.2) is 83.3 Å². The third kappa shape index (κ3) is 5.63. The summed E-state index contributed by atoms with van der Waals surface area (Å²) in [6.07, 6.45) is 0. The number of halogens is 1. The minimum atomic E-state index is -0.104. The van der Waals surface area contributed by atoms with E-state index in [0.29, 0.717) is 6.61 Å².